The van der Waals surface area contributed by atoms with Crippen LogP contribution in [-0.2, 0) is 15.3 Å². The van der Waals surface area contributed by atoms with Crippen LogP contribution in [0.15, 0.2) is 56.2 Å². The first kappa shape index (κ1) is 22.5. The number of hydrogen-bond acceptors (Lipinski definition) is 10. The molecule has 1 amide bonds. The van der Waals surface area contributed by atoms with E-state index in [4.69, 9.17) is 13.9 Å². The molecule has 1 N–H and O–H groups in total. The van der Waals surface area contributed by atoms with Crippen molar-refractivity contribution in [3.05, 3.63) is 58.6 Å². The number of carbonyl (C=O) groups is 2. The number of para-hydroxylation sites is 1. The molecule has 1 unspecified atom stereocenters. The van der Waals surface area contributed by atoms with Crippen molar-refractivity contribution in [2.45, 2.75) is 36.5 Å². The Morgan fingerprint density at radius 1 is 1.26 bits per heavy atom. The molecule has 2 heterocycles. The molecule has 2 aromatic heterocycles. The SMILES string of the molecule is CCC(=O)Nc1nnc(SCc2cc(=O)c(OC(=O)C(C)Oc3ccccc3)co2)s1. The lowest BCUT2D eigenvalue weighted by molar-refractivity contribution is -0.141. The molecule has 3 rings (SSSR count). The summed E-state index contributed by atoms with van der Waals surface area (Å²) in [5, 5.41) is 10.9. The molecule has 0 aliphatic carbocycles. The minimum Gasteiger partial charge on any atom is -0.479 e. The van der Waals surface area contributed by atoms with Gasteiger partial charge in [-0.2, -0.15) is 0 Å². The third kappa shape index (κ3) is 6.66. The predicted molar refractivity (Wildman–Crippen MR) is 116 cm³/mol. The van der Waals surface area contributed by atoms with Gasteiger partial charge in [0.1, 0.15) is 17.8 Å². The van der Waals surface area contributed by atoms with Gasteiger partial charge >= 0.3 is 5.97 Å². The quantitative estimate of drug-likeness (QED) is 0.290. The highest BCUT2D eigenvalue weighted by Crippen LogP contribution is 2.28. The first-order valence-electron chi connectivity index (χ1n) is 9.26. The summed E-state index contributed by atoms with van der Waals surface area (Å²) < 4.78 is 16.6. The number of nitrogens with one attached hydrogen (secondary N) is 1. The summed E-state index contributed by atoms with van der Waals surface area (Å²) in [6.45, 7) is 3.27. The molecule has 0 bridgehead atoms. The number of rotatable bonds is 9. The number of benzene rings is 1. The zero-order valence-corrected chi connectivity index (χ0v) is 18.3. The van der Waals surface area contributed by atoms with Crippen LogP contribution in [0, 0.1) is 0 Å². The summed E-state index contributed by atoms with van der Waals surface area (Å²) in [6, 6.07) is 10.1. The summed E-state index contributed by atoms with van der Waals surface area (Å²) >= 11 is 2.52. The van der Waals surface area contributed by atoms with Crippen molar-refractivity contribution in [1.29, 1.82) is 0 Å². The van der Waals surface area contributed by atoms with Crippen molar-refractivity contribution in [1.82, 2.24) is 10.2 Å². The molecule has 0 aliphatic rings. The van der Waals surface area contributed by atoms with E-state index in [1.165, 1.54) is 36.1 Å². The lowest BCUT2D eigenvalue weighted by Gasteiger charge is -2.13. The zero-order valence-electron chi connectivity index (χ0n) is 16.7. The minimum atomic E-state index is -0.906. The molecule has 3 aromatic rings. The highest BCUT2D eigenvalue weighted by Gasteiger charge is 2.19. The van der Waals surface area contributed by atoms with Crippen LogP contribution in [0.1, 0.15) is 26.0 Å². The van der Waals surface area contributed by atoms with Crippen LogP contribution in [0.2, 0.25) is 0 Å². The van der Waals surface area contributed by atoms with E-state index in [1.807, 2.05) is 6.07 Å². The summed E-state index contributed by atoms with van der Waals surface area (Å²) in [5.74, 6) is 0.120. The van der Waals surface area contributed by atoms with Gasteiger partial charge in [0.2, 0.25) is 22.2 Å². The van der Waals surface area contributed by atoms with E-state index in [0.29, 0.717) is 33.2 Å². The first-order chi connectivity index (χ1) is 14.9. The second kappa shape index (κ2) is 10.7. The molecule has 9 nitrogen and oxygen atoms in total. The number of amides is 1. The lowest BCUT2D eigenvalue weighted by Crippen LogP contribution is -2.29. The second-order valence-electron chi connectivity index (χ2n) is 6.13. The fourth-order valence-electron chi connectivity index (χ4n) is 2.19. The topological polar surface area (TPSA) is 121 Å². The number of esters is 1. The van der Waals surface area contributed by atoms with Crippen LogP contribution in [0.3, 0.4) is 0 Å². The van der Waals surface area contributed by atoms with Crippen LogP contribution in [0.25, 0.3) is 0 Å². The van der Waals surface area contributed by atoms with Gasteiger partial charge in [0.05, 0.1) is 5.75 Å². The van der Waals surface area contributed by atoms with Gasteiger partial charge in [0.15, 0.2) is 10.4 Å². The summed E-state index contributed by atoms with van der Waals surface area (Å²) in [6.07, 6.45) is 0.538. The van der Waals surface area contributed by atoms with E-state index in [2.05, 4.69) is 15.5 Å². The van der Waals surface area contributed by atoms with Crippen LogP contribution in [0.4, 0.5) is 5.13 Å². The van der Waals surface area contributed by atoms with Crippen LogP contribution < -0.4 is 20.2 Å². The number of nitrogens with zero attached hydrogens (tertiary/aromatic N) is 2. The van der Waals surface area contributed by atoms with Crippen molar-refractivity contribution in [2.75, 3.05) is 5.32 Å². The molecule has 0 saturated heterocycles. The molecule has 0 radical (unpaired) electrons. The van der Waals surface area contributed by atoms with Crippen molar-refractivity contribution in [3.63, 3.8) is 0 Å². The van der Waals surface area contributed by atoms with Gasteiger partial charge in [-0.1, -0.05) is 48.2 Å². The van der Waals surface area contributed by atoms with Crippen molar-refractivity contribution >= 4 is 40.1 Å². The smallest absolute Gasteiger partial charge is 0.352 e. The number of carbonyl (C=O) groups excluding carboxylic acids is 2. The molecule has 1 atom stereocenters. The Labute approximate surface area is 185 Å². The van der Waals surface area contributed by atoms with E-state index >= 15 is 0 Å². The Balaban J connectivity index is 1.54. The monoisotopic (exact) mass is 461 g/mol. The highest BCUT2D eigenvalue weighted by molar-refractivity contribution is 8.00. The Hall–Kier alpha value is -3.18. The number of anilines is 1. The third-order valence-electron chi connectivity index (χ3n) is 3.76. The lowest BCUT2D eigenvalue weighted by atomic mass is 10.3. The highest BCUT2D eigenvalue weighted by atomic mass is 32.2. The van der Waals surface area contributed by atoms with Gasteiger partial charge in [0, 0.05) is 12.5 Å². The van der Waals surface area contributed by atoms with Gasteiger partial charge in [-0.25, -0.2) is 4.79 Å². The number of thioether (sulfide) groups is 1. The van der Waals surface area contributed by atoms with E-state index in [0.717, 1.165) is 6.26 Å². The molecular weight excluding hydrogens is 442 g/mol. The van der Waals surface area contributed by atoms with Gasteiger partial charge < -0.3 is 19.2 Å². The average Bonchev–Trinajstić information content (AvgIpc) is 3.21. The van der Waals surface area contributed by atoms with E-state index < -0.39 is 17.5 Å². The maximum absolute atomic E-state index is 12.3. The van der Waals surface area contributed by atoms with Crippen LogP contribution in [0.5, 0.6) is 11.5 Å². The Kier molecular flexibility index (Phi) is 7.79. The number of ether oxygens (including phenoxy) is 2. The fourth-order valence-corrected chi connectivity index (χ4v) is 3.85. The van der Waals surface area contributed by atoms with Gasteiger partial charge in [-0.3, -0.25) is 9.59 Å². The van der Waals surface area contributed by atoms with Gasteiger partial charge in [-0.05, 0) is 19.1 Å². The minimum absolute atomic E-state index is 0.146. The molecule has 1 aromatic carbocycles. The summed E-state index contributed by atoms with van der Waals surface area (Å²) in [7, 11) is 0. The molecule has 31 heavy (non-hydrogen) atoms. The Bertz CT molecular complexity index is 1100. The average molecular weight is 462 g/mol. The normalized spacial score (nSPS) is 11.5. The largest absolute Gasteiger partial charge is 0.479 e. The fraction of sp³-hybridized carbons (Fsp3) is 0.250. The molecule has 11 heteroatoms. The summed E-state index contributed by atoms with van der Waals surface area (Å²) in [5.41, 5.74) is -0.490. The van der Waals surface area contributed by atoms with Crippen molar-refractivity contribution in [3.8, 4) is 11.5 Å². The van der Waals surface area contributed by atoms with E-state index in [1.54, 1.807) is 31.2 Å². The Morgan fingerprint density at radius 2 is 2.03 bits per heavy atom. The van der Waals surface area contributed by atoms with E-state index in [9.17, 15) is 14.4 Å². The molecule has 0 fully saturated rings. The van der Waals surface area contributed by atoms with Crippen molar-refractivity contribution < 1.29 is 23.5 Å². The number of hydrogen-bond donors (Lipinski definition) is 1. The number of aromatic nitrogens is 2. The molecule has 162 valence electrons. The maximum atomic E-state index is 12.3. The molecule has 0 spiro atoms. The summed E-state index contributed by atoms with van der Waals surface area (Å²) in [4.78, 5) is 35.8. The molecular formula is C20H19N3O6S2. The zero-order chi connectivity index (χ0) is 22.2. The predicted octanol–water partition coefficient (Wildman–Crippen LogP) is 3.51. The second-order valence-corrected chi connectivity index (χ2v) is 8.33. The maximum Gasteiger partial charge on any atom is 0.352 e. The van der Waals surface area contributed by atoms with Crippen LogP contribution in [-0.4, -0.2) is 28.2 Å². The van der Waals surface area contributed by atoms with Gasteiger partial charge in [-0.15, -0.1) is 10.2 Å². The Morgan fingerprint density at radius 3 is 2.74 bits per heavy atom. The van der Waals surface area contributed by atoms with Gasteiger partial charge in [0.25, 0.3) is 0 Å². The third-order valence-corrected chi connectivity index (χ3v) is 5.76. The van der Waals surface area contributed by atoms with E-state index in [-0.39, 0.29) is 11.7 Å². The van der Waals surface area contributed by atoms with Crippen molar-refractivity contribution in [2.24, 2.45) is 0 Å². The first-order valence-corrected chi connectivity index (χ1v) is 11.1. The standard InChI is InChI=1S/C20H19N3O6S2/c1-3-17(25)21-19-22-23-20(31-19)30-11-14-9-15(24)16(10-27-14)29-18(26)12(2)28-13-7-5-4-6-8-13/h4-10,12H,3,11H2,1-2H3,(H,21,22,25). The molecule has 0 aliphatic heterocycles. The molecule has 0 saturated carbocycles. The van der Waals surface area contributed by atoms with Crippen LogP contribution >= 0.6 is 23.1 Å².